The molecule has 1 fully saturated rings. The van der Waals surface area contributed by atoms with E-state index in [1.807, 2.05) is 24.3 Å². The smallest absolute Gasteiger partial charge is 0.229 e. The average Bonchev–Trinajstić information content (AvgIpc) is 3.07. The maximum Gasteiger partial charge on any atom is 0.229 e. The van der Waals surface area contributed by atoms with Gasteiger partial charge in [0.25, 0.3) is 0 Å². The minimum absolute atomic E-state index is 0.0453. The molecule has 0 aromatic heterocycles. The molecule has 2 aliphatic heterocycles. The minimum Gasteiger partial charge on any atom is -0.384 e. The molecule has 4 heteroatoms. The standard InChI is InChI=1S/C15H20N2O2/c18-15(16-7-5-11-6-8-19-10-11)13-9-17-14-4-2-1-3-12(13)14/h1-4,11,13,17H,5-10H2,(H,16,18). The number of benzene rings is 1. The van der Waals surface area contributed by atoms with Crippen molar-refractivity contribution in [2.75, 3.05) is 31.6 Å². The summed E-state index contributed by atoms with van der Waals surface area (Å²) in [6.07, 6.45) is 2.15. The van der Waals surface area contributed by atoms with Crippen molar-refractivity contribution in [3.63, 3.8) is 0 Å². The molecule has 19 heavy (non-hydrogen) atoms. The first-order valence-electron chi connectivity index (χ1n) is 7.03. The monoisotopic (exact) mass is 260 g/mol. The number of fused-ring (bicyclic) bond motifs is 1. The Labute approximate surface area is 113 Å². The first-order valence-corrected chi connectivity index (χ1v) is 7.03. The van der Waals surface area contributed by atoms with Crippen LogP contribution in [0.1, 0.15) is 24.3 Å². The molecule has 3 rings (SSSR count). The third kappa shape index (κ3) is 2.73. The predicted octanol–water partition coefficient (Wildman–Crippen LogP) is 1.74. The molecule has 0 radical (unpaired) electrons. The van der Waals surface area contributed by atoms with Crippen LogP contribution in [0.15, 0.2) is 24.3 Å². The minimum atomic E-state index is -0.0453. The van der Waals surface area contributed by atoms with Gasteiger partial charge in [-0.2, -0.15) is 0 Å². The lowest BCUT2D eigenvalue weighted by atomic mass is 10.00. The van der Waals surface area contributed by atoms with Crippen LogP contribution in [0.2, 0.25) is 0 Å². The van der Waals surface area contributed by atoms with Gasteiger partial charge in [0.2, 0.25) is 5.91 Å². The van der Waals surface area contributed by atoms with Crippen LogP contribution in [0.25, 0.3) is 0 Å². The van der Waals surface area contributed by atoms with Crippen LogP contribution in [0, 0.1) is 5.92 Å². The SMILES string of the molecule is O=C(NCCC1CCOC1)C1CNc2ccccc21. The summed E-state index contributed by atoms with van der Waals surface area (Å²) in [7, 11) is 0. The van der Waals surface area contributed by atoms with E-state index >= 15 is 0 Å². The Morgan fingerprint density at radius 3 is 3.16 bits per heavy atom. The van der Waals surface area contributed by atoms with Gasteiger partial charge in [-0.3, -0.25) is 4.79 Å². The van der Waals surface area contributed by atoms with Gasteiger partial charge >= 0.3 is 0 Å². The molecule has 0 saturated carbocycles. The Balaban J connectivity index is 1.51. The van der Waals surface area contributed by atoms with E-state index in [1.54, 1.807) is 0 Å². The van der Waals surface area contributed by atoms with E-state index in [4.69, 9.17) is 4.74 Å². The highest BCUT2D eigenvalue weighted by Gasteiger charge is 2.27. The number of amides is 1. The van der Waals surface area contributed by atoms with Gasteiger partial charge in [0, 0.05) is 32.0 Å². The zero-order valence-corrected chi connectivity index (χ0v) is 11.0. The Kier molecular flexibility index (Phi) is 3.69. The van der Waals surface area contributed by atoms with Crippen LogP contribution >= 0.6 is 0 Å². The Morgan fingerprint density at radius 1 is 1.42 bits per heavy atom. The van der Waals surface area contributed by atoms with E-state index in [9.17, 15) is 4.79 Å². The number of rotatable bonds is 4. The highest BCUT2D eigenvalue weighted by molar-refractivity contribution is 5.88. The number of carbonyl (C=O) groups excluding carboxylic acids is 1. The molecule has 0 aliphatic carbocycles. The summed E-state index contributed by atoms with van der Waals surface area (Å²) in [5, 5.41) is 6.34. The van der Waals surface area contributed by atoms with Gasteiger partial charge in [-0.05, 0) is 30.4 Å². The molecule has 0 bridgehead atoms. The molecule has 102 valence electrons. The van der Waals surface area contributed by atoms with E-state index in [0.717, 1.165) is 43.9 Å². The molecule has 2 heterocycles. The van der Waals surface area contributed by atoms with Crippen molar-refractivity contribution in [2.45, 2.75) is 18.8 Å². The summed E-state index contributed by atoms with van der Waals surface area (Å²) in [5.41, 5.74) is 2.20. The normalized spacial score (nSPS) is 24.8. The van der Waals surface area contributed by atoms with Crippen LogP contribution in [-0.4, -0.2) is 32.2 Å². The summed E-state index contributed by atoms with van der Waals surface area (Å²) in [6, 6.07) is 8.04. The molecule has 2 N–H and O–H groups in total. The van der Waals surface area contributed by atoms with E-state index in [1.165, 1.54) is 0 Å². The topological polar surface area (TPSA) is 50.4 Å². The summed E-state index contributed by atoms with van der Waals surface area (Å²) >= 11 is 0. The van der Waals surface area contributed by atoms with E-state index in [2.05, 4.69) is 10.6 Å². The maximum atomic E-state index is 12.2. The number of anilines is 1. The Morgan fingerprint density at radius 2 is 2.32 bits per heavy atom. The maximum absolute atomic E-state index is 12.2. The van der Waals surface area contributed by atoms with Crippen LogP contribution < -0.4 is 10.6 Å². The molecular formula is C15H20N2O2. The van der Waals surface area contributed by atoms with Gasteiger partial charge < -0.3 is 15.4 Å². The van der Waals surface area contributed by atoms with Crippen LogP contribution in [0.4, 0.5) is 5.69 Å². The van der Waals surface area contributed by atoms with Crippen molar-refractivity contribution < 1.29 is 9.53 Å². The summed E-state index contributed by atoms with van der Waals surface area (Å²) in [4.78, 5) is 12.2. The van der Waals surface area contributed by atoms with Gasteiger partial charge in [0.15, 0.2) is 0 Å². The van der Waals surface area contributed by atoms with Crippen molar-refractivity contribution in [1.29, 1.82) is 0 Å². The third-order valence-electron chi connectivity index (χ3n) is 4.03. The number of hydrogen-bond donors (Lipinski definition) is 2. The van der Waals surface area contributed by atoms with Crippen molar-refractivity contribution in [2.24, 2.45) is 5.92 Å². The third-order valence-corrected chi connectivity index (χ3v) is 4.03. The second-order valence-electron chi connectivity index (χ2n) is 5.33. The van der Waals surface area contributed by atoms with Gasteiger partial charge in [-0.1, -0.05) is 18.2 Å². The van der Waals surface area contributed by atoms with Crippen molar-refractivity contribution in [3.05, 3.63) is 29.8 Å². The summed E-state index contributed by atoms with van der Waals surface area (Å²) < 4.78 is 5.34. The van der Waals surface area contributed by atoms with E-state index in [-0.39, 0.29) is 11.8 Å². The molecule has 4 nitrogen and oxygen atoms in total. The Bertz CT molecular complexity index is 455. The van der Waals surface area contributed by atoms with Crippen molar-refractivity contribution in [3.8, 4) is 0 Å². The number of ether oxygens (including phenoxy) is 1. The zero-order chi connectivity index (χ0) is 13.1. The van der Waals surface area contributed by atoms with Crippen molar-refractivity contribution >= 4 is 11.6 Å². The van der Waals surface area contributed by atoms with Crippen LogP contribution in [0.5, 0.6) is 0 Å². The molecule has 0 spiro atoms. The number of hydrogen-bond acceptors (Lipinski definition) is 3. The first kappa shape index (κ1) is 12.5. The van der Waals surface area contributed by atoms with Crippen molar-refractivity contribution in [1.82, 2.24) is 5.32 Å². The largest absolute Gasteiger partial charge is 0.384 e. The molecular weight excluding hydrogens is 240 g/mol. The van der Waals surface area contributed by atoms with E-state index in [0.29, 0.717) is 12.5 Å². The van der Waals surface area contributed by atoms with Gasteiger partial charge in [-0.15, -0.1) is 0 Å². The summed E-state index contributed by atoms with van der Waals surface area (Å²) in [5.74, 6) is 0.710. The lowest BCUT2D eigenvalue weighted by Crippen LogP contribution is -2.32. The quantitative estimate of drug-likeness (QED) is 0.867. The highest BCUT2D eigenvalue weighted by Crippen LogP contribution is 2.30. The first-order chi connectivity index (χ1) is 9.34. The zero-order valence-electron chi connectivity index (χ0n) is 11.0. The van der Waals surface area contributed by atoms with Gasteiger partial charge in [0.05, 0.1) is 5.92 Å². The number of para-hydroxylation sites is 1. The molecule has 1 saturated heterocycles. The number of carbonyl (C=O) groups is 1. The van der Waals surface area contributed by atoms with E-state index < -0.39 is 0 Å². The second kappa shape index (κ2) is 5.61. The summed E-state index contributed by atoms with van der Waals surface area (Å²) in [6.45, 7) is 3.19. The fourth-order valence-electron chi connectivity index (χ4n) is 2.85. The van der Waals surface area contributed by atoms with Gasteiger partial charge in [-0.25, -0.2) is 0 Å². The molecule has 1 aromatic rings. The molecule has 2 unspecified atom stereocenters. The Hall–Kier alpha value is -1.55. The highest BCUT2D eigenvalue weighted by atomic mass is 16.5. The predicted molar refractivity (Wildman–Crippen MR) is 74.2 cm³/mol. The van der Waals surface area contributed by atoms with Crippen LogP contribution in [0.3, 0.4) is 0 Å². The fraction of sp³-hybridized carbons (Fsp3) is 0.533. The second-order valence-corrected chi connectivity index (χ2v) is 5.33. The number of nitrogens with one attached hydrogen (secondary N) is 2. The lowest BCUT2D eigenvalue weighted by molar-refractivity contribution is -0.122. The molecule has 1 amide bonds. The molecule has 2 aliphatic rings. The molecule has 1 aromatic carbocycles. The average molecular weight is 260 g/mol. The lowest BCUT2D eigenvalue weighted by Gasteiger charge is -2.12. The molecule has 2 atom stereocenters. The van der Waals surface area contributed by atoms with Gasteiger partial charge in [0.1, 0.15) is 0 Å². The fourth-order valence-corrected chi connectivity index (χ4v) is 2.85. The van der Waals surface area contributed by atoms with Crippen LogP contribution in [-0.2, 0) is 9.53 Å².